The van der Waals surface area contributed by atoms with E-state index in [9.17, 15) is 14.9 Å². The van der Waals surface area contributed by atoms with Crippen LogP contribution in [-0.4, -0.2) is 22.3 Å². The summed E-state index contributed by atoms with van der Waals surface area (Å²) in [6.07, 6.45) is 3.44. The highest BCUT2D eigenvalue weighted by Crippen LogP contribution is 2.29. The SMILES string of the molecule is O=C(c1ccccc1[N+](=O)[O-])N(Cc1ccccc1)CC1CCC1. The van der Waals surface area contributed by atoms with Gasteiger partial charge in [-0.05, 0) is 30.4 Å². The fraction of sp³-hybridized carbons (Fsp3) is 0.316. The second-order valence-electron chi connectivity index (χ2n) is 6.24. The van der Waals surface area contributed by atoms with Crippen LogP contribution in [0.1, 0.15) is 35.2 Å². The van der Waals surface area contributed by atoms with Crippen molar-refractivity contribution in [2.75, 3.05) is 6.54 Å². The molecule has 1 fully saturated rings. The summed E-state index contributed by atoms with van der Waals surface area (Å²) in [5, 5.41) is 11.2. The summed E-state index contributed by atoms with van der Waals surface area (Å²) in [6, 6.07) is 15.9. The molecule has 2 aromatic rings. The summed E-state index contributed by atoms with van der Waals surface area (Å²) in [4.78, 5) is 25.5. The van der Waals surface area contributed by atoms with E-state index in [-0.39, 0.29) is 17.2 Å². The molecular weight excluding hydrogens is 304 g/mol. The van der Waals surface area contributed by atoms with Gasteiger partial charge in [0.05, 0.1) is 4.92 Å². The van der Waals surface area contributed by atoms with Gasteiger partial charge in [-0.3, -0.25) is 14.9 Å². The highest BCUT2D eigenvalue weighted by molar-refractivity contribution is 5.98. The van der Waals surface area contributed by atoms with Gasteiger partial charge in [0.25, 0.3) is 11.6 Å². The van der Waals surface area contributed by atoms with Crippen molar-refractivity contribution in [3.05, 3.63) is 75.8 Å². The van der Waals surface area contributed by atoms with Gasteiger partial charge in [0.1, 0.15) is 5.56 Å². The van der Waals surface area contributed by atoms with Gasteiger partial charge in [0, 0.05) is 19.2 Å². The van der Waals surface area contributed by atoms with Crippen LogP contribution in [-0.2, 0) is 6.54 Å². The molecule has 0 saturated heterocycles. The zero-order chi connectivity index (χ0) is 16.9. The first kappa shape index (κ1) is 16.2. The zero-order valence-electron chi connectivity index (χ0n) is 13.4. The van der Waals surface area contributed by atoms with Gasteiger partial charge in [-0.25, -0.2) is 0 Å². The number of nitro groups is 1. The maximum Gasteiger partial charge on any atom is 0.282 e. The molecule has 1 aliphatic carbocycles. The fourth-order valence-corrected chi connectivity index (χ4v) is 2.99. The average Bonchev–Trinajstić information content (AvgIpc) is 2.57. The lowest BCUT2D eigenvalue weighted by molar-refractivity contribution is -0.385. The first-order valence-corrected chi connectivity index (χ1v) is 8.22. The van der Waals surface area contributed by atoms with Crippen molar-refractivity contribution in [1.82, 2.24) is 4.90 Å². The number of hydrogen-bond acceptors (Lipinski definition) is 3. The molecule has 1 amide bonds. The number of carbonyl (C=O) groups excluding carboxylic acids is 1. The molecule has 0 unspecified atom stereocenters. The van der Waals surface area contributed by atoms with E-state index < -0.39 is 4.92 Å². The molecule has 1 aliphatic rings. The Balaban J connectivity index is 1.86. The molecule has 5 heteroatoms. The molecule has 0 heterocycles. The van der Waals surface area contributed by atoms with Crippen LogP contribution in [0.25, 0.3) is 0 Å². The van der Waals surface area contributed by atoms with E-state index in [2.05, 4.69) is 0 Å². The van der Waals surface area contributed by atoms with Crippen molar-refractivity contribution in [3.8, 4) is 0 Å². The van der Waals surface area contributed by atoms with Gasteiger partial charge in [-0.2, -0.15) is 0 Å². The molecule has 0 aliphatic heterocycles. The lowest BCUT2D eigenvalue weighted by atomic mass is 9.85. The van der Waals surface area contributed by atoms with Crippen LogP contribution in [0.5, 0.6) is 0 Å². The molecule has 24 heavy (non-hydrogen) atoms. The summed E-state index contributed by atoms with van der Waals surface area (Å²) >= 11 is 0. The molecule has 1 saturated carbocycles. The number of nitrogens with zero attached hydrogens (tertiary/aromatic N) is 2. The molecule has 0 bridgehead atoms. The molecule has 0 radical (unpaired) electrons. The quantitative estimate of drug-likeness (QED) is 0.595. The Kier molecular flexibility index (Phi) is 4.89. The van der Waals surface area contributed by atoms with Crippen molar-refractivity contribution in [1.29, 1.82) is 0 Å². The largest absolute Gasteiger partial charge is 0.334 e. The third kappa shape index (κ3) is 3.62. The van der Waals surface area contributed by atoms with E-state index in [0.29, 0.717) is 19.0 Å². The molecule has 3 rings (SSSR count). The monoisotopic (exact) mass is 324 g/mol. The minimum atomic E-state index is -0.489. The summed E-state index contributed by atoms with van der Waals surface area (Å²) < 4.78 is 0. The van der Waals surface area contributed by atoms with Crippen molar-refractivity contribution in [2.45, 2.75) is 25.8 Å². The van der Waals surface area contributed by atoms with Gasteiger partial charge >= 0.3 is 0 Å². The van der Waals surface area contributed by atoms with Crippen LogP contribution in [0.2, 0.25) is 0 Å². The Morgan fingerprint density at radius 1 is 1.08 bits per heavy atom. The van der Waals surface area contributed by atoms with E-state index in [1.807, 2.05) is 30.3 Å². The van der Waals surface area contributed by atoms with Gasteiger partial charge in [0.2, 0.25) is 0 Å². The number of carbonyl (C=O) groups is 1. The lowest BCUT2D eigenvalue weighted by Gasteiger charge is -2.32. The minimum Gasteiger partial charge on any atom is -0.334 e. The number of para-hydroxylation sites is 1. The highest BCUT2D eigenvalue weighted by atomic mass is 16.6. The molecule has 5 nitrogen and oxygen atoms in total. The summed E-state index contributed by atoms with van der Waals surface area (Å²) in [5.41, 5.74) is 1.07. The topological polar surface area (TPSA) is 63.4 Å². The number of hydrogen-bond donors (Lipinski definition) is 0. The van der Waals surface area contributed by atoms with E-state index in [1.54, 1.807) is 23.1 Å². The highest BCUT2D eigenvalue weighted by Gasteiger charge is 2.28. The first-order chi connectivity index (χ1) is 11.6. The zero-order valence-corrected chi connectivity index (χ0v) is 13.4. The molecule has 0 aromatic heterocycles. The van der Waals surface area contributed by atoms with Crippen molar-refractivity contribution < 1.29 is 9.72 Å². The second-order valence-corrected chi connectivity index (χ2v) is 6.24. The third-order valence-electron chi connectivity index (χ3n) is 4.54. The van der Waals surface area contributed by atoms with Gasteiger partial charge < -0.3 is 4.90 Å². The van der Waals surface area contributed by atoms with Crippen LogP contribution in [0.15, 0.2) is 54.6 Å². The van der Waals surface area contributed by atoms with Crippen molar-refractivity contribution in [2.24, 2.45) is 5.92 Å². The van der Waals surface area contributed by atoms with Crippen LogP contribution in [0.4, 0.5) is 5.69 Å². The van der Waals surface area contributed by atoms with E-state index in [0.717, 1.165) is 18.4 Å². The van der Waals surface area contributed by atoms with Gasteiger partial charge in [-0.15, -0.1) is 0 Å². The lowest BCUT2D eigenvalue weighted by Crippen LogP contribution is -2.37. The van der Waals surface area contributed by atoms with E-state index in [1.165, 1.54) is 12.5 Å². The summed E-state index contributed by atoms with van der Waals surface area (Å²) in [5.74, 6) is 0.235. The normalized spacial score (nSPS) is 14.0. The number of amides is 1. The van der Waals surface area contributed by atoms with Crippen molar-refractivity contribution >= 4 is 11.6 Å². The predicted octanol–water partition coefficient (Wildman–Crippen LogP) is 4.04. The summed E-state index contributed by atoms with van der Waals surface area (Å²) in [7, 11) is 0. The maximum absolute atomic E-state index is 13.0. The summed E-state index contributed by atoms with van der Waals surface area (Å²) in [6.45, 7) is 1.13. The van der Waals surface area contributed by atoms with Crippen molar-refractivity contribution in [3.63, 3.8) is 0 Å². The number of rotatable bonds is 6. The molecule has 124 valence electrons. The average molecular weight is 324 g/mol. The Bertz CT molecular complexity index is 726. The Labute approximate surface area is 141 Å². The first-order valence-electron chi connectivity index (χ1n) is 8.22. The van der Waals surface area contributed by atoms with Crippen LogP contribution in [0, 0.1) is 16.0 Å². The second kappa shape index (κ2) is 7.25. The van der Waals surface area contributed by atoms with E-state index >= 15 is 0 Å². The fourth-order valence-electron chi connectivity index (χ4n) is 2.99. The Hall–Kier alpha value is -2.69. The van der Waals surface area contributed by atoms with Crippen LogP contribution < -0.4 is 0 Å². The maximum atomic E-state index is 13.0. The minimum absolute atomic E-state index is 0.130. The van der Waals surface area contributed by atoms with E-state index in [4.69, 9.17) is 0 Å². The molecule has 0 N–H and O–H groups in total. The molecular formula is C19H20N2O3. The van der Waals surface area contributed by atoms with Crippen LogP contribution >= 0.6 is 0 Å². The van der Waals surface area contributed by atoms with Gasteiger partial charge in [-0.1, -0.05) is 48.9 Å². The molecule has 0 atom stereocenters. The third-order valence-corrected chi connectivity index (χ3v) is 4.54. The molecule has 2 aromatic carbocycles. The van der Waals surface area contributed by atoms with Gasteiger partial charge in [0.15, 0.2) is 0 Å². The number of benzene rings is 2. The number of nitro benzene ring substituents is 1. The van der Waals surface area contributed by atoms with Crippen LogP contribution in [0.3, 0.4) is 0 Å². The molecule has 0 spiro atoms. The standard InChI is InChI=1S/C19H20N2O3/c22-19(17-11-4-5-12-18(17)21(23)24)20(14-16-9-6-10-16)13-15-7-2-1-3-8-15/h1-5,7-8,11-12,16H,6,9-10,13-14H2. The predicted molar refractivity (Wildman–Crippen MR) is 91.6 cm³/mol. The Morgan fingerprint density at radius 2 is 1.75 bits per heavy atom. The Morgan fingerprint density at radius 3 is 2.38 bits per heavy atom. The smallest absolute Gasteiger partial charge is 0.282 e.